The molecule has 0 bridgehead atoms. The maximum atomic E-state index is 13.3. The molecule has 0 atom stereocenters. The van der Waals surface area contributed by atoms with Gasteiger partial charge in [-0.3, -0.25) is 9.59 Å². The van der Waals surface area contributed by atoms with Gasteiger partial charge in [-0.25, -0.2) is 8.78 Å². The van der Waals surface area contributed by atoms with Crippen molar-refractivity contribution >= 4 is 17.5 Å². The molecule has 4 nitrogen and oxygen atoms in total. The number of amides is 2. The van der Waals surface area contributed by atoms with E-state index in [2.05, 4.69) is 5.32 Å². The van der Waals surface area contributed by atoms with Crippen molar-refractivity contribution in [3.05, 3.63) is 29.8 Å². The zero-order chi connectivity index (χ0) is 14.5. The SMILES string of the molecule is O=C(Nc1c(F)cccc1F)C(=O)NC1CCCCC1. The maximum Gasteiger partial charge on any atom is 0.313 e. The zero-order valence-corrected chi connectivity index (χ0v) is 10.9. The smallest absolute Gasteiger partial charge is 0.313 e. The van der Waals surface area contributed by atoms with E-state index in [1.54, 1.807) is 0 Å². The van der Waals surface area contributed by atoms with E-state index in [1.165, 1.54) is 6.07 Å². The molecular formula is C14H16F2N2O2. The Morgan fingerprint density at radius 3 is 2.20 bits per heavy atom. The molecule has 2 N–H and O–H groups in total. The number of benzene rings is 1. The van der Waals surface area contributed by atoms with Crippen LogP contribution in [0.3, 0.4) is 0 Å². The zero-order valence-electron chi connectivity index (χ0n) is 10.9. The fourth-order valence-corrected chi connectivity index (χ4v) is 2.29. The van der Waals surface area contributed by atoms with Crippen LogP contribution < -0.4 is 10.6 Å². The highest BCUT2D eigenvalue weighted by Crippen LogP contribution is 2.19. The molecule has 20 heavy (non-hydrogen) atoms. The van der Waals surface area contributed by atoms with E-state index in [9.17, 15) is 18.4 Å². The summed E-state index contributed by atoms with van der Waals surface area (Å²) in [6.07, 6.45) is 4.79. The number of para-hydroxylation sites is 1. The van der Waals surface area contributed by atoms with Gasteiger partial charge in [-0.05, 0) is 25.0 Å². The summed E-state index contributed by atoms with van der Waals surface area (Å²) in [5.41, 5.74) is -0.601. The molecule has 0 saturated heterocycles. The summed E-state index contributed by atoms with van der Waals surface area (Å²) in [6, 6.07) is 3.17. The van der Waals surface area contributed by atoms with Crippen LogP contribution in [0, 0.1) is 11.6 Å². The average molecular weight is 282 g/mol. The van der Waals surface area contributed by atoms with Gasteiger partial charge in [-0.2, -0.15) is 0 Å². The van der Waals surface area contributed by atoms with Crippen molar-refractivity contribution in [1.82, 2.24) is 5.32 Å². The lowest BCUT2D eigenvalue weighted by Gasteiger charge is -2.22. The Kier molecular flexibility index (Phi) is 4.65. The minimum Gasteiger partial charge on any atom is -0.345 e. The summed E-state index contributed by atoms with van der Waals surface area (Å²) in [5, 5.41) is 4.55. The molecule has 1 aliphatic carbocycles. The molecule has 0 heterocycles. The number of carbonyl (C=O) groups is 2. The number of anilines is 1. The molecule has 1 aliphatic rings. The molecule has 108 valence electrons. The molecule has 0 radical (unpaired) electrons. The van der Waals surface area contributed by atoms with Crippen LogP contribution >= 0.6 is 0 Å². The highest BCUT2D eigenvalue weighted by atomic mass is 19.1. The van der Waals surface area contributed by atoms with E-state index in [4.69, 9.17) is 0 Å². The quantitative estimate of drug-likeness (QED) is 0.818. The highest BCUT2D eigenvalue weighted by molar-refractivity contribution is 6.39. The lowest BCUT2D eigenvalue weighted by atomic mass is 9.95. The van der Waals surface area contributed by atoms with Crippen LogP contribution in [-0.2, 0) is 9.59 Å². The number of hydrogen-bond donors (Lipinski definition) is 2. The standard InChI is InChI=1S/C14H16F2N2O2/c15-10-7-4-8-11(16)12(10)18-14(20)13(19)17-9-5-2-1-3-6-9/h4,7-9H,1-3,5-6H2,(H,17,19)(H,18,20). The van der Waals surface area contributed by atoms with Gasteiger partial charge >= 0.3 is 11.8 Å². The van der Waals surface area contributed by atoms with Gasteiger partial charge in [0.25, 0.3) is 0 Å². The van der Waals surface area contributed by atoms with Gasteiger partial charge in [0.05, 0.1) is 0 Å². The molecule has 1 saturated carbocycles. The van der Waals surface area contributed by atoms with E-state index in [0.717, 1.165) is 44.2 Å². The van der Waals surface area contributed by atoms with Crippen molar-refractivity contribution in [2.24, 2.45) is 0 Å². The Balaban J connectivity index is 1.95. The number of hydrogen-bond acceptors (Lipinski definition) is 2. The summed E-state index contributed by atoms with van der Waals surface area (Å²) in [6.45, 7) is 0. The number of halogens is 2. The van der Waals surface area contributed by atoms with Crippen LogP contribution in [0.4, 0.5) is 14.5 Å². The number of nitrogens with one attached hydrogen (secondary N) is 2. The molecular weight excluding hydrogens is 266 g/mol. The Hall–Kier alpha value is -1.98. The predicted octanol–water partition coefficient (Wildman–Crippen LogP) is 2.35. The second kappa shape index (κ2) is 6.45. The molecule has 0 aromatic heterocycles. The second-order valence-corrected chi connectivity index (χ2v) is 4.86. The minimum absolute atomic E-state index is 0.0348. The lowest BCUT2D eigenvalue weighted by molar-refractivity contribution is -0.136. The molecule has 2 rings (SSSR count). The van der Waals surface area contributed by atoms with Crippen molar-refractivity contribution in [2.75, 3.05) is 5.32 Å². The van der Waals surface area contributed by atoms with Gasteiger partial charge in [0.15, 0.2) is 0 Å². The van der Waals surface area contributed by atoms with Crippen molar-refractivity contribution < 1.29 is 18.4 Å². The first-order valence-corrected chi connectivity index (χ1v) is 6.64. The summed E-state index contributed by atoms with van der Waals surface area (Å²) in [4.78, 5) is 23.3. The highest BCUT2D eigenvalue weighted by Gasteiger charge is 2.22. The normalized spacial score (nSPS) is 15.7. The van der Waals surface area contributed by atoms with E-state index in [0.29, 0.717) is 0 Å². The lowest BCUT2D eigenvalue weighted by Crippen LogP contribution is -2.42. The van der Waals surface area contributed by atoms with Crippen molar-refractivity contribution in [1.29, 1.82) is 0 Å². The maximum absolute atomic E-state index is 13.3. The average Bonchev–Trinajstić information content (AvgIpc) is 2.44. The van der Waals surface area contributed by atoms with Crippen LogP contribution in [0.5, 0.6) is 0 Å². The fourth-order valence-electron chi connectivity index (χ4n) is 2.29. The fraction of sp³-hybridized carbons (Fsp3) is 0.429. The minimum atomic E-state index is -1.06. The third kappa shape index (κ3) is 3.53. The van der Waals surface area contributed by atoms with Gasteiger partial charge < -0.3 is 10.6 Å². The largest absolute Gasteiger partial charge is 0.345 e. The molecule has 6 heteroatoms. The van der Waals surface area contributed by atoms with Crippen LogP contribution in [0.2, 0.25) is 0 Å². The first-order valence-electron chi connectivity index (χ1n) is 6.64. The van der Waals surface area contributed by atoms with Crippen LogP contribution in [0.15, 0.2) is 18.2 Å². The van der Waals surface area contributed by atoms with E-state index >= 15 is 0 Å². The Labute approximate surface area is 115 Å². The van der Waals surface area contributed by atoms with Crippen LogP contribution in [-0.4, -0.2) is 17.9 Å². The molecule has 0 aliphatic heterocycles. The molecule has 1 aromatic carbocycles. The third-order valence-electron chi connectivity index (χ3n) is 3.35. The van der Waals surface area contributed by atoms with Gasteiger partial charge in [-0.1, -0.05) is 25.3 Å². The molecule has 2 amide bonds. The monoisotopic (exact) mass is 282 g/mol. The number of carbonyl (C=O) groups excluding carboxylic acids is 2. The molecule has 0 unspecified atom stereocenters. The van der Waals surface area contributed by atoms with Gasteiger partial charge in [-0.15, -0.1) is 0 Å². The van der Waals surface area contributed by atoms with Crippen LogP contribution in [0.25, 0.3) is 0 Å². The molecule has 1 aromatic rings. The molecule has 1 fully saturated rings. The third-order valence-corrected chi connectivity index (χ3v) is 3.35. The Morgan fingerprint density at radius 2 is 1.60 bits per heavy atom. The number of rotatable bonds is 2. The van der Waals surface area contributed by atoms with Crippen molar-refractivity contribution in [2.45, 2.75) is 38.1 Å². The van der Waals surface area contributed by atoms with E-state index < -0.39 is 29.1 Å². The summed E-state index contributed by atoms with van der Waals surface area (Å²) in [7, 11) is 0. The first kappa shape index (κ1) is 14.4. The van der Waals surface area contributed by atoms with Crippen LogP contribution in [0.1, 0.15) is 32.1 Å². The Bertz CT molecular complexity index is 494. The second-order valence-electron chi connectivity index (χ2n) is 4.86. The van der Waals surface area contributed by atoms with Crippen molar-refractivity contribution in [3.63, 3.8) is 0 Å². The van der Waals surface area contributed by atoms with Gasteiger partial charge in [0.1, 0.15) is 17.3 Å². The van der Waals surface area contributed by atoms with E-state index in [-0.39, 0.29) is 6.04 Å². The summed E-state index contributed by atoms with van der Waals surface area (Å²) in [5.74, 6) is -3.74. The van der Waals surface area contributed by atoms with Crippen molar-refractivity contribution in [3.8, 4) is 0 Å². The topological polar surface area (TPSA) is 58.2 Å². The summed E-state index contributed by atoms with van der Waals surface area (Å²) < 4.78 is 26.7. The first-order chi connectivity index (χ1) is 9.58. The molecule has 0 spiro atoms. The van der Waals surface area contributed by atoms with E-state index in [1.807, 2.05) is 5.32 Å². The van der Waals surface area contributed by atoms with Gasteiger partial charge in [0, 0.05) is 6.04 Å². The summed E-state index contributed by atoms with van der Waals surface area (Å²) >= 11 is 0. The Morgan fingerprint density at radius 1 is 1.00 bits per heavy atom. The van der Waals surface area contributed by atoms with Gasteiger partial charge in [0.2, 0.25) is 0 Å². The predicted molar refractivity (Wildman–Crippen MR) is 70.0 cm³/mol.